The third kappa shape index (κ3) is 6.79. The SMILES string of the molecule is CN(C)C(=O)c1ccc(NC(=O)Nc2ccc(-c3nc(N4CCOCC4)c4ccc(-c5ccc(CCO)o5)cc4n3)cc2)cc1. The zero-order valence-corrected chi connectivity index (χ0v) is 25.1. The summed E-state index contributed by atoms with van der Waals surface area (Å²) >= 11 is 0. The molecule has 2 aromatic heterocycles. The summed E-state index contributed by atoms with van der Waals surface area (Å²) < 4.78 is 11.5. The predicted octanol–water partition coefficient (Wildman–Crippen LogP) is 5.27. The van der Waals surface area contributed by atoms with Crippen LogP contribution < -0.4 is 15.5 Å². The van der Waals surface area contributed by atoms with Crippen LogP contribution >= 0.6 is 0 Å². The molecule has 3 N–H and O–H groups in total. The number of morpholine rings is 1. The van der Waals surface area contributed by atoms with Gasteiger partial charge in [0.1, 0.15) is 17.3 Å². The zero-order chi connectivity index (χ0) is 31.3. The van der Waals surface area contributed by atoms with Crippen molar-refractivity contribution in [3.8, 4) is 22.7 Å². The van der Waals surface area contributed by atoms with E-state index < -0.39 is 6.03 Å². The molecule has 1 aliphatic rings. The number of hydrogen-bond donors (Lipinski definition) is 3. The molecule has 3 heterocycles. The van der Waals surface area contributed by atoms with Gasteiger partial charge >= 0.3 is 6.03 Å². The van der Waals surface area contributed by atoms with Crippen molar-refractivity contribution in [2.45, 2.75) is 6.42 Å². The molecule has 0 aliphatic carbocycles. The van der Waals surface area contributed by atoms with Crippen LogP contribution in [0.15, 0.2) is 83.3 Å². The van der Waals surface area contributed by atoms with Crippen LogP contribution in [0.25, 0.3) is 33.6 Å². The predicted molar refractivity (Wildman–Crippen MR) is 174 cm³/mol. The summed E-state index contributed by atoms with van der Waals surface area (Å²) in [5.41, 5.74) is 4.17. The van der Waals surface area contributed by atoms with Crippen molar-refractivity contribution in [3.05, 3.63) is 90.2 Å². The Morgan fingerprint density at radius 2 is 1.53 bits per heavy atom. The van der Waals surface area contributed by atoms with Crippen molar-refractivity contribution in [1.82, 2.24) is 14.9 Å². The maximum Gasteiger partial charge on any atom is 0.323 e. The molecular formula is C34H34N6O5. The number of aliphatic hydroxyl groups is 1. The molecule has 5 aromatic rings. The molecular weight excluding hydrogens is 572 g/mol. The first-order valence-corrected chi connectivity index (χ1v) is 14.7. The van der Waals surface area contributed by atoms with Crippen molar-refractivity contribution in [1.29, 1.82) is 0 Å². The number of nitrogens with one attached hydrogen (secondary N) is 2. The molecule has 0 radical (unpaired) electrons. The Hall–Kier alpha value is -5.26. The second kappa shape index (κ2) is 13.2. The van der Waals surface area contributed by atoms with Gasteiger partial charge < -0.3 is 34.7 Å². The zero-order valence-electron chi connectivity index (χ0n) is 25.1. The van der Waals surface area contributed by atoms with Gasteiger partial charge in [0, 0.05) is 67.1 Å². The van der Waals surface area contributed by atoms with E-state index in [1.807, 2.05) is 42.5 Å². The van der Waals surface area contributed by atoms with Gasteiger partial charge in [-0.15, -0.1) is 0 Å². The van der Waals surface area contributed by atoms with E-state index in [0.717, 1.165) is 46.7 Å². The van der Waals surface area contributed by atoms with E-state index in [2.05, 4.69) is 15.5 Å². The Kier molecular flexibility index (Phi) is 8.72. The fourth-order valence-electron chi connectivity index (χ4n) is 5.14. The van der Waals surface area contributed by atoms with Crippen molar-refractivity contribution < 1.29 is 23.8 Å². The van der Waals surface area contributed by atoms with Gasteiger partial charge in [0.2, 0.25) is 0 Å². The van der Waals surface area contributed by atoms with Crippen molar-refractivity contribution >= 4 is 40.0 Å². The summed E-state index contributed by atoms with van der Waals surface area (Å²) in [4.78, 5) is 38.4. The lowest BCUT2D eigenvalue weighted by Crippen LogP contribution is -2.37. The number of rotatable bonds is 8. The molecule has 230 valence electrons. The Morgan fingerprint density at radius 3 is 2.20 bits per heavy atom. The van der Waals surface area contributed by atoms with Gasteiger partial charge in [-0.2, -0.15) is 0 Å². The van der Waals surface area contributed by atoms with E-state index in [1.54, 1.807) is 50.5 Å². The largest absolute Gasteiger partial charge is 0.461 e. The lowest BCUT2D eigenvalue weighted by atomic mass is 10.1. The highest BCUT2D eigenvalue weighted by Gasteiger charge is 2.19. The van der Waals surface area contributed by atoms with Crippen LogP contribution in [0.4, 0.5) is 22.0 Å². The number of urea groups is 1. The van der Waals surface area contributed by atoms with E-state index in [4.69, 9.17) is 19.1 Å². The lowest BCUT2D eigenvalue weighted by molar-refractivity contribution is 0.0827. The molecule has 0 unspecified atom stereocenters. The monoisotopic (exact) mass is 606 g/mol. The van der Waals surface area contributed by atoms with Gasteiger partial charge in [0.15, 0.2) is 5.82 Å². The number of ether oxygens (including phenoxy) is 1. The highest BCUT2D eigenvalue weighted by Crippen LogP contribution is 2.32. The maximum absolute atomic E-state index is 12.7. The minimum Gasteiger partial charge on any atom is -0.461 e. The van der Waals surface area contributed by atoms with Gasteiger partial charge in [-0.25, -0.2) is 14.8 Å². The summed E-state index contributed by atoms with van der Waals surface area (Å²) in [6.07, 6.45) is 0.458. The highest BCUT2D eigenvalue weighted by atomic mass is 16.5. The fraction of sp³-hybridized carbons (Fsp3) is 0.235. The van der Waals surface area contributed by atoms with Crippen molar-refractivity contribution in [2.24, 2.45) is 0 Å². The molecule has 3 amide bonds. The number of aliphatic hydroxyl groups excluding tert-OH is 1. The molecule has 11 heteroatoms. The Bertz CT molecular complexity index is 1810. The average molecular weight is 607 g/mol. The van der Waals surface area contributed by atoms with E-state index >= 15 is 0 Å². The number of benzene rings is 3. The van der Waals surface area contributed by atoms with E-state index in [-0.39, 0.29) is 12.5 Å². The lowest BCUT2D eigenvalue weighted by Gasteiger charge is -2.29. The molecule has 11 nitrogen and oxygen atoms in total. The van der Waals surface area contributed by atoms with Gasteiger partial charge in [-0.1, -0.05) is 6.07 Å². The van der Waals surface area contributed by atoms with Crippen molar-refractivity contribution in [2.75, 3.05) is 62.5 Å². The van der Waals surface area contributed by atoms with E-state index in [0.29, 0.717) is 48.2 Å². The number of amides is 3. The van der Waals surface area contributed by atoms with Crippen LogP contribution in [-0.4, -0.2) is 78.9 Å². The molecule has 0 saturated carbocycles. The number of hydrogen-bond acceptors (Lipinski definition) is 8. The first-order valence-electron chi connectivity index (χ1n) is 14.7. The molecule has 0 bridgehead atoms. The number of anilines is 3. The molecule has 6 rings (SSSR count). The summed E-state index contributed by atoms with van der Waals surface area (Å²) in [6.45, 7) is 2.72. The highest BCUT2D eigenvalue weighted by molar-refractivity contribution is 6.00. The molecule has 1 aliphatic heterocycles. The van der Waals surface area contributed by atoms with Crippen LogP contribution in [0.3, 0.4) is 0 Å². The van der Waals surface area contributed by atoms with Crippen LogP contribution in [0.2, 0.25) is 0 Å². The summed E-state index contributed by atoms with van der Waals surface area (Å²) in [7, 11) is 3.38. The second-order valence-electron chi connectivity index (χ2n) is 10.9. The molecule has 1 fully saturated rings. The summed E-state index contributed by atoms with van der Waals surface area (Å²) in [5.74, 6) is 2.72. The minimum atomic E-state index is -0.404. The van der Waals surface area contributed by atoms with Crippen LogP contribution in [0, 0.1) is 0 Å². The number of carbonyl (C=O) groups excluding carboxylic acids is 2. The van der Waals surface area contributed by atoms with Crippen LogP contribution in [0.5, 0.6) is 0 Å². The molecule has 3 aromatic carbocycles. The molecule has 1 saturated heterocycles. The summed E-state index contributed by atoms with van der Waals surface area (Å²) in [6, 6.07) is 23.5. The van der Waals surface area contributed by atoms with E-state index in [9.17, 15) is 14.7 Å². The second-order valence-corrected chi connectivity index (χ2v) is 10.9. The number of aromatic nitrogens is 2. The first-order chi connectivity index (χ1) is 21.9. The molecule has 45 heavy (non-hydrogen) atoms. The Balaban J connectivity index is 1.23. The third-order valence-corrected chi connectivity index (χ3v) is 7.49. The molecule has 0 spiro atoms. The first kappa shape index (κ1) is 29.8. The topological polar surface area (TPSA) is 133 Å². The number of carbonyl (C=O) groups is 2. The third-order valence-electron chi connectivity index (χ3n) is 7.49. The summed E-state index contributed by atoms with van der Waals surface area (Å²) in [5, 5.41) is 15.8. The number of nitrogens with zero attached hydrogens (tertiary/aromatic N) is 4. The Morgan fingerprint density at radius 1 is 0.867 bits per heavy atom. The van der Waals surface area contributed by atoms with Gasteiger partial charge in [-0.3, -0.25) is 4.79 Å². The van der Waals surface area contributed by atoms with Gasteiger partial charge in [0.25, 0.3) is 5.91 Å². The Labute approximate surface area is 260 Å². The minimum absolute atomic E-state index is 0.0252. The quantitative estimate of drug-likeness (QED) is 0.218. The normalized spacial score (nSPS) is 13.1. The standard InChI is InChI=1S/C34H34N6O5/c1-39(2)33(42)23-5-10-26(11-6-23)36-34(43)35-25-8-3-22(4-9-25)31-37-29-21-24(30-14-12-27(45-30)15-18-41)7-13-28(29)32(38-31)40-16-19-44-20-17-40/h3-14,21,41H,15-20H2,1-2H3,(H2,35,36,43). The number of furan rings is 1. The van der Waals surface area contributed by atoms with Crippen LogP contribution in [-0.2, 0) is 11.2 Å². The van der Waals surface area contributed by atoms with Crippen molar-refractivity contribution in [3.63, 3.8) is 0 Å². The number of fused-ring (bicyclic) bond motifs is 1. The van der Waals surface area contributed by atoms with Crippen LogP contribution in [0.1, 0.15) is 16.1 Å². The van der Waals surface area contributed by atoms with Gasteiger partial charge in [0.05, 0.1) is 25.3 Å². The maximum atomic E-state index is 12.7. The van der Waals surface area contributed by atoms with E-state index in [1.165, 1.54) is 4.90 Å². The molecule has 0 atom stereocenters. The van der Waals surface area contributed by atoms with Gasteiger partial charge in [-0.05, 0) is 72.8 Å². The average Bonchev–Trinajstić information content (AvgIpc) is 3.53. The fourth-order valence-corrected chi connectivity index (χ4v) is 5.14. The smallest absolute Gasteiger partial charge is 0.323 e.